The summed E-state index contributed by atoms with van der Waals surface area (Å²) in [4.78, 5) is 12.9. The van der Waals surface area contributed by atoms with E-state index in [-0.39, 0.29) is 11.9 Å². The Morgan fingerprint density at radius 2 is 1.79 bits per heavy atom. The van der Waals surface area contributed by atoms with Gasteiger partial charge in [-0.25, -0.2) is 0 Å². The Hall–Kier alpha value is -2.37. The number of para-hydroxylation sites is 1. The molecule has 0 aromatic heterocycles. The van der Waals surface area contributed by atoms with Crippen molar-refractivity contribution in [2.75, 3.05) is 5.32 Å². The zero-order valence-electron chi connectivity index (χ0n) is 13.0. The number of hydrogen-bond donors (Lipinski definition) is 3. The molecule has 1 aliphatic rings. The summed E-state index contributed by atoms with van der Waals surface area (Å²) in [5.74, 6) is -0.225. The molecule has 0 fully saturated rings. The van der Waals surface area contributed by atoms with Gasteiger partial charge in [-0.15, -0.1) is 0 Å². The molecule has 0 aliphatic carbocycles. The maximum Gasteiger partial charge on any atom is 0.255 e. The molecule has 24 heavy (non-hydrogen) atoms. The molecule has 1 amide bonds. The van der Waals surface area contributed by atoms with Crippen molar-refractivity contribution >= 4 is 40.5 Å². The molecule has 2 aromatic rings. The van der Waals surface area contributed by atoms with Crippen molar-refractivity contribution in [3.8, 4) is 0 Å². The highest BCUT2D eigenvalue weighted by molar-refractivity contribution is 7.80. The van der Waals surface area contributed by atoms with Crippen molar-refractivity contribution in [3.63, 3.8) is 0 Å². The quantitative estimate of drug-likeness (QED) is 0.732. The van der Waals surface area contributed by atoms with E-state index in [1.54, 1.807) is 12.1 Å². The number of allylic oxidation sites excluding steroid dienone is 1. The average Bonchev–Trinajstić information content (AvgIpc) is 2.57. The maximum atomic E-state index is 12.9. The van der Waals surface area contributed by atoms with Crippen LogP contribution >= 0.6 is 23.8 Å². The van der Waals surface area contributed by atoms with Gasteiger partial charge in [0.15, 0.2) is 5.11 Å². The fourth-order valence-corrected chi connectivity index (χ4v) is 3.10. The lowest BCUT2D eigenvalue weighted by molar-refractivity contribution is -0.113. The number of thiocarbonyl (C=S) groups is 1. The number of benzene rings is 2. The van der Waals surface area contributed by atoms with Crippen LogP contribution in [0.25, 0.3) is 0 Å². The Morgan fingerprint density at radius 1 is 1.12 bits per heavy atom. The first-order valence-corrected chi connectivity index (χ1v) is 8.24. The summed E-state index contributed by atoms with van der Waals surface area (Å²) >= 11 is 11.4. The molecular weight excluding hydrogens is 342 g/mol. The number of carbonyl (C=O) groups is 1. The molecular formula is C18H16ClN3OS. The molecule has 0 radical (unpaired) electrons. The summed E-state index contributed by atoms with van der Waals surface area (Å²) < 4.78 is 0. The third kappa shape index (κ3) is 3.42. The summed E-state index contributed by atoms with van der Waals surface area (Å²) in [5.41, 5.74) is 2.83. The number of anilines is 1. The van der Waals surface area contributed by atoms with Crippen LogP contribution in [-0.2, 0) is 4.79 Å². The van der Waals surface area contributed by atoms with Gasteiger partial charge in [0, 0.05) is 5.70 Å². The van der Waals surface area contributed by atoms with Gasteiger partial charge >= 0.3 is 0 Å². The van der Waals surface area contributed by atoms with Crippen LogP contribution in [0, 0.1) is 0 Å². The number of halogens is 1. The van der Waals surface area contributed by atoms with Crippen molar-refractivity contribution in [1.82, 2.24) is 10.6 Å². The molecule has 1 heterocycles. The van der Waals surface area contributed by atoms with Gasteiger partial charge in [-0.05, 0) is 36.8 Å². The lowest BCUT2D eigenvalue weighted by Crippen LogP contribution is -2.45. The molecule has 3 N–H and O–H groups in total. The second-order valence-corrected chi connectivity index (χ2v) is 6.23. The van der Waals surface area contributed by atoms with Gasteiger partial charge in [-0.3, -0.25) is 4.79 Å². The second-order valence-electron chi connectivity index (χ2n) is 5.41. The smallest absolute Gasteiger partial charge is 0.255 e. The van der Waals surface area contributed by atoms with Gasteiger partial charge in [0.1, 0.15) is 0 Å². The van der Waals surface area contributed by atoms with Crippen molar-refractivity contribution in [3.05, 3.63) is 76.5 Å². The lowest BCUT2D eigenvalue weighted by atomic mass is 9.95. The van der Waals surface area contributed by atoms with Crippen LogP contribution in [0.5, 0.6) is 0 Å². The molecule has 122 valence electrons. The van der Waals surface area contributed by atoms with E-state index in [4.69, 9.17) is 23.8 Å². The van der Waals surface area contributed by atoms with Crippen LogP contribution in [-0.4, -0.2) is 11.0 Å². The molecule has 4 nitrogen and oxygen atoms in total. The van der Waals surface area contributed by atoms with Crippen molar-refractivity contribution in [2.45, 2.75) is 13.0 Å². The van der Waals surface area contributed by atoms with Crippen molar-refractivity contribution < 1.29 is 4.79 Å². The molecule has 1 atom stereocenters. The lowest BCUT2D eigenvalue weighted by Gasteiger charge is -2.30. The maximum absolute atomic E-state index is 12.9. The number of amides is 1. The van der Waals surface area contributed by atoms with Gasteiger partial charge < -0.3 is 16.0 Å². The van der Waals surface area contributed by atoms with Gasteiger partial charge in [-0.1, -0.05) is 54.1 Å². The minimum Gasteiger partial charge on any atom is -0.351 e. The highest BCUT2D eigenvalue weighted by Crippen LogP contribution is 2.29. The second kappa shape index (κ2) is 7.03. The Bertz CT molecular complexity index is 820. The SMILES string of the molecule is CC1=C(C(=O)Nc2ccccc2Cl)[C@H](c2ccccc2)NC(=S)N1. The summed E-state index contributed by atoms with van der Waals surface area (Å²) in [6, 6.07) is 16.5. The normalized spacial score (nSPS) is 17.1. The van der Waals surface area contributed by atoms with Crippen LogP contribution in [0.4, 0.5) is 5.69 Å². The largest absolute Gasteiger partial charge is 0.351 e. The van der Waals surface area contributed by atoms with E-state index in [0.717, 1.165) is 11.3 Å². The van der Waals surface area contributed by atoms with Crippen molar-refractivity contribution in [2.24, 2.45) is 0 Å². The summed E-state index contributed by atoms with van der Waals surface area (Å²) in [6.45, 7) is 1.84. The predicted molar refractivity (Wildman–Crippen MR) is 101 cm³/mol. The van der Waals surface area contributed by atoms with E-state index in [9.17, 15) is 4.79 Å². The van der Waals surface area contributed by atoms with Crippen LogP contribution in [0.15, 0.2) is 65.9 Å². The van der Waals surface area contributed by atoms with Crippen LogP contribution in [0.3, 0.4) is 0 Å². The molecule has 0 saturated heterocycles. The molecule has 0 spiro atoms. The van der Waals surface area contributed by atoms with E-state index in [0.29, 0.717) is 21.4 Å². The molecule has 0 saturated carbocycles. The first-order valence-electron chi connectivity index (χ1n) is 7.45. The molecule has 0 bridgehead atoms. The van der Waals surface area contributed by atoms with Crippen LogP contribution in [0.1, 0.15) is 18.5 Å². The summed E-state index contributed by atoms with van der Waals surface area (Å²) in [5, 5.41) is 10.0. The first-order chi connectivity index (χ1) is 11.6. The monoisotopic (exact) mass is 357 g/mol. The van der Waals surface area contributed by atoms with E-state index < -0.39 is 0 Å². The van der Waals surface area contributed by atoms with E-state index in [2.05, 4.69) is 16.0 Å². The molecule has 6 heteroatoms. The van der Waals surface area contributed by atoms with Gasteiger partial charge in [-0.2, -0.15) is 0 Å². The minimum absolute atomic E-state index is 0.225. The average molecular weight is 358 g/mol. The summed E-state index contributed by atoms with van der Waals surface area (Å²) in [7, 11) is 0. The van der Waals surface area contributed by atoms with Crippen LogP contribution in [0.2, 0.25) is 5.02 Å². The number of carbonyl (C=O) groups excluding carboxylic acids is 1. The zero-order valence-corrected chi connectivity index (χ0v) is 14.5. The standard InChI is InChI=1S/C18H16ClN3OS/c1-11-15(17(23)21-14-10-6-5-9-13(14)19)16(22-18(24)20-11)12-7-3-2-4-8-12/h2-10,16H,1H3,(H,21,23)(H2,20,22,24)/t16-/m0/s1. The van der Waals surface area contributed by atoms with E-state index in [1.165, 1.54) is 0 Å². The Labute approximate surface area is 150 Å². The highest BCUT2D eigenvalue weighted by Gasteiger charge is 2.29. The third-order valence-corrected chi connectivity index (χ3v) is 4.32. The molecule has 2 aromatic carbocycles. The molecule has 0 unspecified atom stereocenters. The van der Waals surface area contributed by atoms with Crippen LogP contribution < -0.4 is 16.0 Å². The highest BCUT2D eigenvalue weighted by atomic mass is 35.5. The number of nitrogens with one attached hydrogen (secondary N) is 3. The summed E-state index contributed by atoms with van der Waals surface area (Å²) in [6.07, 6.45) is 0. The minimum atomic E-state index is -0.317. The topological polar surface area (TPSA) is 53.2 Å². The molecule has 3 rings (SSSR count). The fourth-order valence-electron chi connectivity index (χ4n) is 2.64. The number of rotatable bonds is 3. The van der Waals surface area contributed by atoms with Crippen molar-refractivity contribution in [1.29, 1.82) is 0 Å². The fraction of sp³-hybridized carbons (Fsp3) is 0.111. The Kier molecular flexibility index (Phi) is 4.83. The zero-order chi connectivity index (χ0) is 17.1. The first kappa shape index (κ1) is 16.5. The van der Waals surface area contributed by atoms with E-state index in [1.807, 2.05) is 49.4 Å². The van der Waals surface area contributed by atoms with Gasteiger partial charge in [0.25, 0.3) is 5.91 Å². The van der Waals surface area contributed by atoms with Gasteiger partial charge in [0.2, 0.25) is 0 Å². The Morgan fingerprint density at radius 3 is 2.50 bits per heavy atom. The van der Waals surface area contributed by atoms with Gasteiger partial charge in [0.05, 0.1) is 22.3 Å². The van der Waals surface area contributed by atoms with E-state index >= 15 is 0 Å². The Balaban J connectivity index is 1.95. The number of hydrogen-bond acceptors (Lipinski definition) is 2. The third-order valence-electron chi connectivity index (χ3n) is 3.77. The molecule has 1 aliphatic heterocycles. The predicted octanol–water partition coefficient (Wildman–Crippen LogP) is 3.77.